The van der Waals surface area contributed by atoms with Crippen LogP contribution in [0.2, 0.25) is 0 Å². The van der Waals surface area contributed by atoms with Crippen LogP contribution in [0.3, 0.4) is 0 Å². The molecule has 0 saturated heterocycles. The SMILES string of the molecule is O=C=C1C(=C=O)C(Br)c2ccccc21. The maximum atomic E-state index is 10.7. The maximum absolute atomic E-state index is 10.7. The second kappa shape index (κ2) is 3.39. The summed E-state index contributed by atoms with van der Waals surface area (Å²) in [6.07, 6.45) is 0. The molecule has 1 aromatic rings. The Morgan fingerprint density at radius 3 is 2.50 bits per heavy atom. The highest BCUT2D eigenvalue weighted by molar-refractivity contribution is 9.09. The number of hydrogen-bond donors (Lipinski definition) is 0. The van der Waals surface area contributed by atoms with Crippen molar-refractivity contribution in [3.8, 4) is 0 Å². The molecule has 0 bridgehead atoms. The van der Waals surface area contributed by atoms with Crippen LogP contribution in [0.1, 0.15) is 16.0 Å². The van der Waals surface area contributed by atoms with Gasteiger partial charge in [0.25, 0.3) is 0 Å². The number of carbonyl (C=O) groups excluding carboxylic acids is 2. The van der Waals surface area contributed by atoms with E-state index < -0.39 is 0 Å². The molecule has 3 heteroatoms. The summed E-state index contributed by atoms with van der Waals surface area (Å²) in [5, 5.41) is 0. The van der Waals surface area contributed by atoms with Crippen molar-refractivity contribution in [2.75, 3.05) is 0 Å². The molecule has 14 heavy (non-hydrogen) atoms. The Morgan fingerprint density at radius 2 is 1.86 bits per heavy atom. The molecule has 1 aliphatic carbocycles. The normalized spacial score (nSPS) is 18.8. The lowest BCUT2D eigenvalue weighted by Crippen LogP contribution is -1.85. The van der Waals surface area contributed by atoms with Gasteiger partial charge in [0.05, 0.1) is 16.0 Å². The molecular weight excluding hydrogens is 244 g/mol. The Hall–Kier alpha value is -1.40. The minimum atomic E-state index is -0.229. The third-order valence-electron chi connectivity index (χ3n) is 2.24. The third kappa shape index (κ3) is 1.11. The van der Waals surface area contributed by atoms with Crippen LogP contribution in [0, 0.1) is 0 Å². The van der Waals surface area contributed by atoms with Gasteiger partial charge in [-0.05, 0) is 11.1 Å². The Bertz CT molecular complexity index is 492. The average molecular weight is 249 g/mol. The van der Waals surface area contributed by atoms with Crippen LogP contribution >= 0.6 is 15.9 Å². The van der Waals surface area contributed by atoms with Gasteiger partial charge in [0, 0.05) is 0 Å². The fourth-order valence-electron chi connectivity index (χ4n) is 1.59. The number of hydrogen-bond acceptors (Lipinski definition) is 2. The predicted molar refractivity (Wildman–Crippen MR) is 56.4 cm³/mol. The highest BCUT2D eigenvalue weighted by Crippen LogP contribution is 2.46. The first-order valence-corrected chi connectivity index (χ1v) is 4.95. The molecule has 2 nitrogen and oxygen atoms in total. The van der Waals surface area contributed by atoms with Crippen molar-refractivity contribution in [2.24, 2.45) is 0 Å². The lowest BCUT2D eigenvalue weighted by atomic mass is 10.1. The zero-order chi connectivity index (χ0) is 10.1. The molecule has 1 unspecified atom stereocenters. The average Bonchev–Trinajstić information content (AvgIpc) is 2.51. The van der Waals surface area contributed by atoms with Gasteiger partial charge in [-0.25, -0.2) is 9.59 Å². The molecule has 1 aromatic carbocycles. The summed E-state index contributed by atoms with van der Waals surface area (Å²) in [6, 6.07) is 7.36. The van der Waals surface area contributed by atoms with Crippen LogP contribution in [0.25, 0.3) is 5.57 Å². The van der Waals surface area contributed by atoms with E-state index in [2.05, 4.69) is 15.9 Å². The summed E-state index contributed by atoms with van der Waals surface area (Å²) in [6.45, 7) is 0. The number of allylic oxidation sites excluding steroid dienone is 2. The van der Waals surface area contributed by atoms with Gasteiger partial charge in [-0.15, -0.1) is 0 Å². The highest BCUT2D eigenvalue weighted by Gasteiger charge is 2.31. The number of fused-ring (bicyclic) bond motifs is 1. The van der Waals surface area contributed by atoms with Crippen molar-refractivity contribution < 1.29 is 9.59 Å². The molecule has 0 spiro atoms. The van der Waals surface area contributed by atoms with Crippen LogP contribution in [0.4, 0.5) is 0 Å². The smallest absolute Gasteiger partial charge is 0.134 e. The molecule has 2 rings (SSSR count). The fraction of sp³-hybridized carbons (Fsp3) is 0.0909. The van der Waals surface area contributed by atoms with Crippen molar-refractivity contribution >= 4 is 33.4 Å². The Morgan fingerprint density at radius 1 is 1.14 bits per heavy atom. The van der Waals surface area contributed by atoms with E-state index in [0.29, 0.717) is 11.1 Å². The molecular formula is C11H5BrO2. The monoisotopic (exact) mass is 248 g/mol. The third-order valence-corrected chi connectivity index (χ3v) is 3.19. The van der Waals surface area contributed by atoms with Crippen LogP contribution in [0.15, 0.2) is 29.8 Å². The summed E-state index contributed by atoms with van der Waals surface area (Å²) in [5.74, 6) is 3.57. The van der Waals surface area contributed by atoms with E-state index in [1.807, 2.05) is 18.2 Å². The first-order valence-electron chi connectivity index (χ1n) is 4.03. The summed E-state index contributed by atoms with van der Waals surface area (Å²) in [5.41, 5.74) is 2.34. The first kappa shape index (κ1) is 9.17. The predicted octanol–water partition coefficient (Wildman–Crippen LogP) is 2.11. The summed E-state index contributed by atoms with van der Waals surface area (Å²) in [4.78, 5) is 21.1. The molecule has 1 aliphatic rings. The fourth-order valence-corrected chi connectivity index (χ4v) is 2.31. The van der Waals surface area contributed by atoms with Gasteiger partial charge in [0.1, 0.15) is 11.9 Å². The van der Waals surface area contributed by atoms with E-state index in [1.165, 1.54) is 0 Å². The van der Waals surface area contributed by atoms with Crippen LogP contribution in [-0.2, 0) is 9.59 Å². The number of benzene rings is 1. The second-order valence-electron chi connectivity index (χ2n) is 2.94. The molecule has 0 radical (unpaired) electrons. The largest absolute Gasteiger partial charge is 0.233 e. The Labute approximate surface area is 89.1 Å². The zero-order valence-corrected chi connectivity index (χ0v) is 8.67. The Kier molecular flexibility index (Phi) is 2.22. The minimum Gasteiger partial charge on any atom is -0.233 e. The summed E-state index contributed by atoms with van der Waals surface area (Å²) < 4.78 is 0. The van der Waals surface area contributed by atoms with Crippen molar-refractivity contribution in [3.05, 3.63) is 41.0 Å². The number of halogens is 1. The lowest BCUT2D eigenvalue weighted by Gasteiger charge is -1.98. The molecule has 0 aliphatic heterocycles. The van der Waals surface area contributed by atoms with Gasteiger partial charge >= 0.3 is 0 Å². The lowest BCUT2D eigenvalue weighted by molar-refractivity contribution is 0.566. The number of alkyl halides is 1. The summed E-state index contributed by atoms with van der Waals surface area (Å²) in [7, 11) is 0. The van der Waals surface area contributed by atoms with E-state index in [-0.39, 0.29) is 4.83 Å². The van der Waals surface area contributed by atoms with Gasteiger partial charge in [0.15, 0.2) is 0 Å². The van der Waals surface area contributed by atoms with E-state index >= 15 is 0 Å². The quantitative estimate of drug-likeness (QED) is 0.521. The molecule has 0 heterocycles. The first-order chi connectivity index (χ1) is 6.79. The highest BCUT2D eigenvalue weighted by atomic mass is 79.9. The van der Waals surface area contributed by atoms with Crippen molar-refractivity contribution in [1.29, 1.82) is 0 Å². The van der Waals surface area contributed by atoms with Crippen molar-refractivity contribution in [2.45, 2.75) is 4.83 Å². The van der Waals surface area contributed by atoms with Gasteiger partial charge < -0.3 is 0 Å². The Balaban J connectivity index is 2.79. The van der Waals surface area contributed by atoms with Gasteiger partial charge in [-0.1, -0.05) is 40.2 Å². The summed E-state index contributed by atoms with van der Waals surface area (Å²) >= 11 is 3.35. The standard InChI is InChI=1S/C11H5BrO2/c12-11-8-4-2-1-3-7(8)9(5-13)10(11)6-14/h1-4,11H. The van der Waals surface area contributed by atoms with Crippen LogP contribution in [-0.4, -0.2) is 11.9 Å². The van der Waals surface area contributed by atoms with Gasteiger partial charge in [-0.2, -0.15) is 0 Å². The molecule has 0 amide bonds. The van der Waals surface area contributed by atoms with Crippen LogP contribution < -0.4 is 0 Å². The van der Waals surface area contributed by atoms with Crippen molar-refractivity contribution in [3.63, 3.8) is 0 Å². The second-order valence-corrected chi connectivity index (χ2v) is 3.86. The van der Waals surface area contributed by atoms with E-state index in [4.69, 9.17) is 0 Å². The minimum absolute atomic E-state index is 0.229. The van der Waals surface area contributed by atoms with E-state index in [9.17, 15) is 9.59 Å². The van der Waals surface area contributed by atoms with E-state index in [1.54, 1.807) is 17.9 Å². The van der Waals surface area contributed by atoms with Crippen LogP contribution in [0.5, 0.6) is 0 Å². The molecule has 68 valence electrons. The molecule has 0 N–H and O–H groups in total. The van der Waals surface area contributed by atoms with Gasteiger partial charge in [0.2, 0.25) is 0 Å². The zero-order valence-electron chi connectivity index (χ0n) is 7.08. The van der Waals surface area contributed by atoms with Gasteiger partial charge in [-0.3, -0.25) is 0 Å². The molecule has 0 aromatic heterocycles. The van der Waals surface area contributed by atoms with E-state index in [0.717, 1.165) is 11.1 Å². The molecule has 0 fully saturated rings. The molecule has 1 atom stereocenters. The number of rotatable bonds is 0. The maximum Gasteiger partial charge on any atom is 0.134 e. The topological polar surface area (TPSA) is 34.1 Å². The molecule has 0 saturated carbocycles. The van der Waals surface area contributed by atoms with Crippen molar-refractivity contribution in [1.82, 2.24) is 0 Å².